The van der Waals surface area contributed by atoms with E-state index in [1.54, 1.807) is 0 Å². The molecule has 0 amide bonds. The van der Waals surface area contributed by atoms with Crippen LogP contribution in [0.3, 0.4) is 0 Å². The topological polar surface area (TPSA) is 26.0 Å². The van der Waals surface area contributed by atoms with E-state index >= 15 is 0 Å². The van der Waals surface area contributed by atoms with Gasteiger partial charge in [-0.3, -0.25) is 0 Å². The van der Waals surface area contributed by atoms with E-state index in [9.17, 15) is 0 Å². The maximum absolute atomic E-state index is 5.45. The number of halogens is 1. The van der Waals surface area contributed by atoms with Crippen molar-refractivity contribution in [3.8, 4) is 0 Å². The molecule has 2 N–H and O–H groups in total. The van der Waals surface area contributed by atoms with E-state index in [0.29, 0.717) is 0 Å². The van der Waals surface area contributed by atoms with Crippen LogP contribution < -0.4 is 5.73 Å². The van der Waals surface area contributed by atoms with E-state index in [1.165, 1.54) is 15.6 Å². The third-order valence-electron chi connectivity index (χ3n) is 1.85. The third-order valence-corrected chi connectivity index (χ3v) is 2.63. The third kappa shape index (κ3) is 2.61. The van der Waals surface area contributed by atoms with Crippen LogP contribution in [0.2, 0.25) is 0 Å². The molecule has 0 aliphatic carbocycles. The van der Waals surface area contributed by atoms with Crippen LogP contribution in [0.15, 0.2) is 22.7 Å². The minimum absolute atomic E-state index is 0.764. The first-order valence-electron chi connectivity index (χ1n) is 4.19. The lowest BCUT2D eigenvalue weighted by Crippen LogP contribution is -2.00. The highest BCUT2D eigenvalue weighted by Crippen LogP contribution is 2.19. The molecule has 66 valence electrons. The predicted octanol–water partition coefficient (Wildman–Crippen LogP) is 2.65. The lowest BCUT2D eigenvalue weighted by molar-refractivity contribution is 0.829. The molecule has 1 nitrogen and oxygen atoms in total. The summed E-state index contributed by atoms with van der Waals surface area (Å²) in [4.78, 5) is 0. The molecule has 0 aliphatic heterocycles. The Kier molecular flexibility index (Phi) is 3.76. The van der Waals surface area contributed by atoms with E-state index in [-0.39, 0.29) is 0 Å². The molecule has 0 heterocycles. The Morgan fingerprint density at radius 3 is 2.83 bits per heavy atom. The molecule has 0 saturated heterocycles. The molecular weight excluding hydrogens is 214 g/mol. The van der Waals surface area contributed by atoms with E-state index < -0.39 is 0 Å². The summed E-state index contributed by atoms with van der Waals surface area (Å²) in [5.41, 5.74) is 8.12. The molecule has 0 saturated carbocycles. The van der Waals surface area contributed by atoms with Crippen molar-refractivity contribution in [1.82, 2.24) is 0 Å². The number of hydrogen-bond acceptors (Lipinski definition) is 1. The molecule has 0 spiro atoms. The van der Waals surface area contributed by atoms with E-state index in [4.69, 9.17) is 5.73 Å². The van der Waals surface area contributed by atoms with Crippen LogP contribution in [0.1, 0.15) is 17.5 Å². The molecule has 1 rings (SSSR count). The minimum atomic E-state index is 0.764. The van der Waals surface area contributed by atoms with Crippen molar-refractivity contribution in [3.63, 3.8) is 0 Å². The van der Waals surface area contributed by atoms with Crippen LogP contribution in [0.25, 0.3) is 0 Å². The lowest BCUT2D eigenvalue weighted by atomic mass is 10.1. The van der Waals surface area contributed by atoms with Crippen molar-refractivity contribution in [1.29, 1.82) is 0 Å². The minimum Gasteiger partial charge on any atom is -0.330 e. The van der Waals surface area contributed by atoms with Gasteiger partial charge in [-0.25, -0.2) is 0 Å². The fourth-order valence-electron chi connectivity index (χ4n) is 1.19. The first kappa shape index (κ1) is 9.75. The maximum atomic E-state index is 5.45. The highest BCUT2D eigenvalue weighted by molar-refractivity contribution is 9.10. The Morgan fingerprint density at radius 2 is 2.17 bits per heavy atom. The summed E-state index contributed by atoms with van der Waals surface area (Å²) in [5, 5.41) is 0. The van der Waals surface area contributed by atoms with Gasteiger partial charge in [-0.1, -0.05) is 33.6 Å². The normalized spacial score (nSPS) is 10.2. The monoisotopic (exact) mass is 227 g/mol. The molecular formula is C10H14BrN. The van der Waals surface area contributed by atoms with Crippen LogP contribution in [0.4, 0.5) is 0 Å². The average Bonchev–Trinajstić information content (AvgIpc) is 2.07. The number of aryl methyl sites for hydroxylation is 2. The largest absolute Gasteiger partial charge is 0.330 e. The van der Waals surface area contributed by atoms with E-state index in [2.05, 4.69) is 41.1 Å². The Labute approximate surface area is 82.1 Å². The first-order valence-corrected chi connectivity index (χ1v) is 4.98. The average molecular weight is 228 g/mol. The van der Waals surface area contributed by atoms with Crippen LogP contribution in [0, 0.1) is 6.92 Å². The molecule has 0 aliphatic rings. The summed E-state index contributed by atoms with van der Waals surface area (Å²) in [7, 11) is 0. The molecule has 0 atom stereocenters. The summed E-state index contributed by atoms with van der Waals surface area (Å²) in [5.74, 6) is 0. The number of nitrogens with two attached hydrogens (primary N) is 1. The van der Waals surface area contributed by atoms with Gasteiger partial charge in [0.1, 0.15) is 0 Å². The zero-order valence-corrected chi connectivity index (χ0v) is 8.89. The Hall–Kier alpha value is -0.340. The zero-order chi connectivity index (χ0) is 8.97. The second-order valence-corrected chi connectivity index (χ2v) is 3.84. The number of benzene rings is 1. The van der Waals surface area contributed by atoms with Gasteiger partial charge in [-0.05, 0) is 37.9 Å². The standard InChI is InChI=1S/C10H14BrN/c1-8-4-5-10(11)9(7-8)3-2-6-12/h4-5,7H,2-3,6,12H2,1H3. The van der Waals surface area contributed by atoms with Crippen molar-refractivity contribution in [2.75, 3.05) is 6.54 Å². The van der Waals surface area contributed by atoms with Gasteiger partial charge in [0.15, 0.2) is 0 Å². The molecule has 0 aromatic heterocycles. The molecule has 0 fully saturated rings. The molecule has 0 bridgehead atoms. The number of hydrogen-bond donors (Lipinski definition) is 1. The highest BCUT2D eigenvalue weighted by atomic mass is 79.9. The van der Waals surface area contributed by atoms with Gasteiger partial charge < -0.3 is 5.73 Å². The fraction of sp³-hybridized carbons (Fsp3) is 0.400. The Balaban J connectivity index is 2.75. The first-order chi connectivity index (χ1) is 5.74. The highest BCUT2D eigenvalue weighted by Gasteiger charge is 1.98. The van der Waals surface area contributed by atoms with Crippen molar-refractivity contribution < 1.29 is 0 Å². The summed E-state index contributed by atoms with van der Waals surface area (Å²) >= 11 is 3.52. The summed E-state index contributed by atoms with van der Waals surface area (Å²) in [6.45, 7) is 2.87. The van der Waals surface area contributed by atoms with Crippen molar-refractivity contribution in [2.45, 2.75) is 19.8 Å². The summed E-state index contributed by atoms with van der Waals surface area (Å²) < 4.78 is 1.20. The van der Waals surface area contributed by atoms with Crippen molar-refractivity contribution in [3.05, 3.63) is 33.8 Å². The predicted molar refractivity (Wildman–Crippen MR) is 56.3 cm³/mol. The zero-order valence-electron chi connectivity index (χ0n) is 7.31. The Morgan fingerprint density at radius 1 is 1.42 bits per heavy atom. The van der Waals surface area contributed by atoms with Gasteiger partial charge in [0.05, 0.1) is 0 Å². The molecule has 12 heavy (non-hydrogen) atoms. The molecule has 1 aromatic carbocycles. The molecule has 2 heteroatoms. The van der Waals surface area contributed by atoms with Gasteiger partial charge in [-0.2, -0.15) is 0 Å². The van der Waals surface area contributed by atoms with Crippen molar-refractivity contribution in [2.24, 2.45) is 5.73 Å². The fourth-order valence-corrected chi connectivity index (χ4v) is 1.63. The lowest BCUT2D eigenvalue weighted by Gasteiger charge is -2.04. The van der Waals surface area contributed by atoms with Crippen LogP contribution in [-0.4, -0.2) is 6.54 Å². The summed E-state index contributed by atoms with van der Waals surface area (Å²) in [6, 6.07) is 6.41. The van der Waals surface area contributed by atoms with Gasteiger partial charge in [0, 0.05) is 4.47 Å². The second kappa shape index (κ2) is 4.63. The van der Waals surface area contributed by atoms with Crippen molar-refractivity contribution >= 4 is 15.9 Å². The van der Waals surface area contributed by atoms with Crippen LogP contribution in [-0.2, 0) is 6.42 Å². The summed E-state index contributed by atoms with van der Waals surface area (Å²) in [6.07, 6.45) is 2.13. The van der Waals surface area contributed by atoms with E-state index in [1.807, 2.05) is 0 Å². The SMILES string of the molecule is Cc1ccc(Br)c(CCCN)c1. The van der Waals surface area contributed by atoms with Gasteiger partial charge in [0.25, 0.3) is 0 Å². The molecule has 0 radical (unpaired) electrons. The molecule has 0 unspecified atom stereocenters. The smallest absolute Gasteiger partial charge is 0.0207 e. The van der Waals surface area contributed by atoms with Gasteiger partial charge in [0.2, 0.25) is 0 Å². The van der Waals surface area contributed by atoms with Gasteiger partial charge in [-0.15, -0.1) is 0 Å². The quantitative estimate of drug-likeness (QED) is 0.845. The van der Waals surface area contributed by atoms with E-state index in [0.717, 1.165) is 19.4 Å². The van der Waals surface area contributed by atoms with Gasteiger partial charge >= 0.3 is 0 Å². The van der Waals surface area contributed by atoms with Crippen LogP contribution >= 0.6 is 15.9 Å². The number of rotatable bonds is 3. The maximum Gasteiger partial charge on any atom is 0.0207 e. The Bertz CT molecular complexity index is 258. The second-order valence-electron chi connectivity index (χ2n) is 2.99. The van der Waals surface area contributed by atoms with Crippen LogP contribution in [0.5, 0.6) is 0 Å². The molecule has 1 aromatic rings.